The predicted molar refractivity (Wildman–Crippen MR) is 84.5 cm³/mol. The third kappa shape index (κ3) is 3.67. The first kappa shape index (κ1) is 15.9. The minimum Gasteiger partial charge on any atom is -0.366 e. The van der Waals surface area contributed by atoms with E-state index in [0.29, 0.717) is 42.5 Å². The SMILES string of the molecule is Cc1nc(C2CN(C(=O)Nc3ncc(C(C)C)s3)CCO2)no1. The molecule has 23 heavy (non-hydrogen) atoms. The number of nitrogens with one attached hydrogen (secondary N) is 1. The van der Waals surface area contributed by atoms with Crippen molar-refractivity contribution in [2.45, 2.75) is 32.8 Å². The zero-order valence-electron chi connectivity index (χ0n) is 13.3. The molecule has 2 aromatic heterocycles. The molecule has 1 fully saturated rings. The van der Waals surface area contributed by atoms with Crippen LogP contribution in [0.15, 0.2) is 10.7 Å². The highest BCUT2D eigenvalue weighted by atomic mass is 32.1. The van der Waals surface area contributed by atoms with Gasteiger partial charge in [-0.1, -0.05) is 19.0 Å². The highest BCUT2D eigenvalue weighted by Gasteiger charge is 2.29. The van der Waals surface area contributed by atoms with Gasteiger partial charge in [-0.05, 0) is 5.92 Å². The molecule has 0 aliphatic carbocycles. The standard InChI is InChI=1S/C14H19N5O3S/c1-8(2)11-6-15-13(23-11)17-14(20)19-4-5-21-10(7-19)12-16-9(3)22-18-12/h6,8,10H,4-5,7H2,1-3H3,(H,15,17,20). The summed E-state index contributed by atoms with van der Waals surface area (Å²) in [5, 5.41) is 7.31. The lowest BCUT2D eigenvalue weighted by atomic mass is 10.2. The monoisotopic (exact) mass is 337 g/mol. The second kappa shape index (κ2) is 6.63. The number of thiazole rings is 1. The van der Waals surface area contributed by atoms with Crippen LogP contribution in [0.2, 0.25) is 0 Å². The van der Waals surface area contributed by atoms with Gasteiger partial charge >= 0.3 is 6.03 Å². The molecule has 8 nitrogen and oxygen atoms in total. The number of aromatic nitrogens is 3. The first-order chi connectivity index (χ1) is 11.0. The maximum Gasteiger partial charge on any atom is 0.323 e. The molecule has 1 N–H and O–H groups in total. The molecule has 3 heterocycles. The third-order valence-corrected chi connectivity index (χ3v) is 4.70. The molecule has 1 atom stereocenters. The number of hydrogen-bond donors (Lipinski definition) is 1. The Morgan fingerprint density at radius 2 is 2.35 bits per heavy atom. The van der Waals surface area contributed by atoms with Gasteiger partial charge in [-0.25, -0.2) is 9.78 Å². The van der Waals surface area contributed by atoms with E-state index in [-0.39, 0.29) is 12.1 Å². The Kier molecular flexibility index (Phi) is 4.58. The van der Waals surface area contributed by atoms with E-state index < -0.39 is 0 Å². The van der Waals surface area contributed by atoms with Crippen molar-refractivity contribution in [3.8, 4) is 0 Å². The van der Waals surface area contributed by atoms with Gasteiger partial charge in [-0.3, -0.25) is 5.32 Å². The maximum atomic E-state index is 12.4. The Labute approximate surface area is 137 Å². The maximum absolute atomic E-state index is 12.4. The number of nitrogens with zero attached hydrogens (tertiary/aromatic N) is 4. The molecule has 0 saturated carbocycles. The number of amides is 2. The fraction of sp³-hybridized carbons (Fsp3) is 0.571. The van der Waals surface area contributed by atoms with Crippen LogP contribution >= 0.6 is 11.3 Å². The van der Waals surface area contributed by atoms with Gasteiger partial charge < -0.3 is 14.2 Å². The van der Waals surface area contributed by atoms with Crippen LogP contribution < -0.4 is 5.32 Å². The highest BCUT2D eigenvalue weighted by molar-refractivity contribution is 7.15. The molecule has 9 heteroatoms. The molecule has 0 spiro atoms. The van der Waals surface area contributed by atoms with Crippen LogP contribution in [0.25, 0.3) is 0 Å². The van der Waals surface area contributed by atoms with E-state index in [1.54, 1.807) is 18.0 Å². The van der Waals surface area contributed by atoms with Gasteiger partial charge in [0.15, 0.2) is 5.13 Å². The fourth-order valence-corrected chi connectivity index (χ4v) is 3.03. The summed E-state index contributed by atoms with van der Waals surface area (Å²) in [5.41, 5.74) is 0. The van der Waals surface area contributed by atoms with Gasteiger partial charge in [0.2, 0.25) is 11.7 Å². The predicted octanol–water partition coefficient (Wildman–Crippen LogP) is 2.56. The quantitative estimate of drug-likeness (QED) is 0.925. The first-order valence-electron chi connectivity index (χ1n) is 7.46. The van der Waals surface area contributed by atoms with Crippen molar-refractivity contribution in [1.82, 2.24) is 20.0 Å². The number of aryl methyl sites for hydroxylation is 1. The molecule has 0 radical (unpaired) electrons. The Hall–Kier alpha value is -2.00. The third-order valence-electron chi connectivity index (χ3n) is 3.49. The lowest BCUT2D eigenvalue weighted by Gasteiger charge is -2.31. The summed E-state index contributed by atoms with van der Waals surface area (Å²) < 4.78 is 10.6. The van der Waals surface area contributed by atoms with Gasteiger partial charge in [-0.15, -0.1) is 11.3 Å². The average molecular weight is 337 g/mol. The van der Waals surface area contributed by atoms with Crippen LogP contribution in [0.1, 0.15) is 42.5 Å². The Morgan fingerprint density at radius 1 is 1.52 bits per heavy atom. The molecule has 1 aliphatic rings. The second-order valence-electron chi connectivity index (χ2n) is 5.63. The summed E-state index contributed by atoms with van der Waals surface area (Å²) in [4.78, 5) is 23.6. The summed E-state index contributed by atoms with van der Waals surface area (Å²) in [6.45, 7) is 7.24. The number of ether oxygens (including phenoxy) is 1. The number of morpholine rings is 1. The van der Waals surface area contributed by atoms with E-state index in [2.05, 4.69) is 34.3 Å². The van der Waals surface area contributed by atoms with Crippen LogP contribution in [0.5, 0.6) is 0 Å². The molecule has 2 aromatic rings. The molecule has 1 saturated heterocycles. The highest BCUT2D eigenvalue weighted by Crippen LogP contribution is 2.26. The van der Waals surface area contributed by atoms with E-state index in [0.717, 1.165) is 4.88 Å². The van der Waals surface area contributed by atoms with Crippen molar-refractivity contribution in [2.24, 2.45) is 0 Å². The Balaban J connectivity index is 1.62. The van der Waals surface area contributed by atoms with Gasteiger partial charge in [0, 0.05) is 24.5 Å². The van der Waals surface area contributed by atoms with Crippen molar-refractivity contribution < 1.29 is 14.1 Å². The van der Waals surface area contributed by atoms with Gasteiger partial charge in [0.05, 0.1) is 13.2 Å². The van der Waals surface area contributed by atoms with Crippen LogP contribution in [-0.4, -0.2) is 45.8 Å². The lowest BCUT2D eigenvalue weighted by Crippen LogP contribution is -2.44. The minimum absolute atomic E-state index is 0.192. The van der Waals surface area contributed by atoms with Crippen LogP contribution in [0.3, 0.4) is 0 Å². The topological polar surface area (TPSA) is 93.4 Å². The van der Waals surface area contributed by atoms with Gasteiger partial charge in [0.1, 0.15) is 6.10 Å². The number of urea groups is 1. The fourth-order valence-electron chi connectivity index (χ4n) is 2.22. The van der Waals surface area contributed by atoms with Crippen molar-refractivity contribution in [1.29, 1.82) is 0 Å². The average Bonchev–Trinajstić information content (AvgIpc) is 3.16. The molecule has 3 rings (SSSR count). The summed E-state index contributed by atoms with van der Waals surface area (Å²) >= 11 is 1.49. The van der Waals surface area contributed by atoms with Crippen molar-refractivity contribution in [3.05, 3.63) is 22.8 Å². The number of carbonyl (C=O) groups is 1. The van der Waals surface area contributed by atoms with Crippen LogP contribution in [0, 0.1) is 6.92 Å². The zero-order valence-corrected chi connectivity index (χ0v) is 14.1. The van der Waals surface area contributed by atoms with E-state index in [1.807, 2.05) is 0 Å². The molecule has 2 amide bonds. The first-order valence-corrected chi connectivity index (χ1v) is 8.28. The Bertz CT molecular complexity index is 684. The molecule has 1 aliphatic heterocycles. The summed E-state index contributed by atoms with van der Waals surface area (Å²) in [6, 6.07) is -0.192. The van der Waals surface area contributed by atoms with Crippen molar-refractivity contribution in [3.63, 3.8) is 0 Å². The van der Waals surface area contributed by atoms with E-state index in [9.17, 15) is 4.79 Å². The summed E-state index contributed by atoms with van der Waals surface area (Å²) in [7, 11) is 0. The Morgan fingerprint density at radius 3 is 3.00 bits per heavy atom. The second-order valence-corrected chi connectivity index (χ2v) is 6.69. The van der Waals surface area contributed by atoms with Gasteiger partial charge in [0.25, 0.3) is 0 Å². The summed E-state index contributed by atoms with van der Waals surface area (Å²) in [6.07, 6.45) is 1.43. The largest absolute Gasteiger partial charge is 0.366 e. The zero-order chi connectivity index (χ0) is 16.4. The van der Waals surface area contributed by atoms with Crippen molar-refractivity contribution in [2.75, 3.05) is 25.0 Å². The number of carbonyl (C=O) groups excluding carboxylic acids is 1. The van der Waals surface area contributed by atoms with E-state index in [1.165, 1.54) is 11.3 Å². The molecular formula is C14H19N5O3S. The minimum atomic E-state index is -0.366. The van der Waals surface area contributed by atoms with Crippen LogP contribution in [-0.2, 0) is 4.74 Å². The molecule has 0 bridgehead atoms. The van der Waals surface area contributed by atoms with Crippen LogP contribution in [0.4, 0.5) is 9.93 Å². The molecular weight excluding hydrogens is 318 g/mol. The summed E-state index contributed by atoms with van der Waals surface area (Å²) in [5.74, 6) is 1.35. The molecule has 1 unspecified atom stereocenters. The van der Waals surface area contributed by atoms with E-state index in [4.69, 9.17) is 9.26 Å². The van der Waals surface area contributed by atoms with Gasteiger partial charge in [-0.2, -0.15) is 4.98 Å². The number of rotatable bonds is 3. The van der Waals surface area contributed by atoms with Crippen molar-refractivity contribution >= 4 is 22.5 Å². The smallest absolute Gasteiger partial charge is 0.323 e. The molecule has 124 valence electrons. The number of anilines is 1. The molecule has 0 aromatic carbocycles. The number of hydrogen-bond acceptors (Lipinski definition) is 7. The van der Waals surface area contributed by atoms with E-state index >= 15 is 0 Å². The normalized spacial score (nSPS) is 18.4. The lowest BCUT2D eigenvalue weighted by molar-refractivity contribution is -0.0190.